The Balaban J connectivity index is 1.82. The molecule has 0 aliphatic heterocycles. The molecule has 4 nitrogen and oxygen atoms in total. The molecule has 0 spiro atoms. The topological polar surface area (TPSA) is 51.5 Å². The lowest BCUT2D eigenvalue weighted by Gasteiger charge is -2.09. The van der Waals surface area contributed by atoms with Crippen LogP contribution in [0, 0.1) is 6.92 Å². The van der Waals surface area contributed by atoms with E-state index in [1.807, 2.05) is 57.2 Å². The van der Waals surface area contributed by atoms with Gasteiger partial charge in [-0.15, -0.1) is 0 Å². The van der Waals surface area contributed by atoms with E-state index in [2.05, 4.69) is 5.32 Å². The van der Waals surface area contributed by atoms with E-state index >= 15 is 0 Å². The highest BCUT2D eigenvalue weighted by molar-refractivity contribution is 6.35. The predicted molar refractivity (Wildman–Crippen MR) is 100 cm³/mol. The van der Waals surface area contributed by atoms with Gasteiger partial charge in [-0.05, 0) is 44.5 Å². The molecule has 0 aliphatic carbocycles. The van der Waals surface area contributed by atoms with Gasteiger partial charge in [0.2, 0.25) is 0 Å². The standard InChI is InChI=1S/C20H20ClNO3/c1-12(2)24-11-14-6-4-7-15(10-14)22-20(23)18-13(3)16-8-5-9-17(21)19(16)25-18/h4-10,12H,11H2,1-3H3,(H,22,23). The minimum Gasteiger partial charge on any atom is -0.449 e. The highest BCUT2D eigenvalue weighted by Crippen LogP contribution is 2.31. The van der Waals surface area contributed by atoms with Crippen LogP contribution in [-0.2, 0) is 11.3 Å². The van der Waals surface area contributed by atoms with Crippen LogP contribution < -0.4 is 5.32 Å². The summed E-state index contributed by atoms with van der Waals surface area (Å²) in [5.74, 6) is -0.0290. The Labute approximate surface area is 151 Å². The number of rotatable bonds is 5. The zero-order chi connectivity index (χ0) is 18.0. The predicted octanol–water partition coefficient (Wildman–Crippen LogP) is 5.57. The largest absolute Gasteiger partial charge is 0.449 e. The molecule has 3 rings (SSSR count). The van der Waals surface area contributed by atoms with Gasteiger partial charge in [0.25, 0.3) is 5.91 Å². The molecule has 0 unspecified atom stereocenters. The molecule has 1 amide bonds. The lowest BCUT2D eigenvalue weighted by atomic mass is 10.1. The van der Waals surface area contributed by atoms with Crippen molar-refractivity contribution in [2.24, 2.45) is 0 Å². The summed E-state index contributed by atoms with van der Waals surface area (Å²) < 4.78 is 11.3. The van der Waals surface area contributed by atoms with Crippen LogP contribution in [0.1, 0.15) is 35.5 Å². The molecule has 1 N–H and O–H groups in total. The number of aryl methyl sites for hydroxylation is 1. The first-order chi connectivity index (χ1) is 12.0. The Morgan fingerprint density at radius 2 is 2.00 bits per heavy atom. The second kappa shape index (κ2) is 7.30. The highest BCUT2D eigenvalue weighted by Gasteiger charge is 2.19. The maximum Gasteiger partial charge on any atom is 0.291 e. The number of fused-ring (bicyclic) bond motifs is 1. The Morgan fingerprint density at radius 1 is 1.24 bits per heavy atom. The third kappa shape index (κ3) is 3.86. The third-order valence-corrected chi connectivity index (χ3v) is 4.19. The Bertz CT molecular complexity index is 914. The fourth-order valence-corrected chi connectivity index (χ4v) is 2.83. The van der Waals surface area contributed by atoms with Crippen LogP contribution in [0.25, 0.3) is 11.0 Å². The molecule has 5 heteroatoms. The molecule has 2 aromatic carbocycles. The van der Waals surface area contributed by atoms with Gasteiger partial charge >= 0.3 is 0 Å². The Morgan fingerprint density at radius 3 is 2.72 bits per heavy atom. The summed E-state index contributed by atoms with van der Waals surface area (Å²) in [7, 11) is 0. The summed E-state index contributed by atoms with van der Waals surface area (Å²) in [5, 5.41) is 4.21. The number of hydrogen-bond donors (Lipinski definition) is 1. The number of amides is 1. The van der Waals surface area contributed by atoms with Crippen LogP contribution in [0.15, 0.2) is 46.9 Å². The number of ether oxygens (including phenoxy) is 1. The molecule has 0 bridgehead atoms. The summed E-state index contributed by atoms with van der Waals surface area (Å²) in [6.45, 7) is 6.33. The first-order valence-electron chi connectivity index (χ1n) is 8.15. The molecular formula is C20H20ClNO3. The van der Waals surface area contributed by atoms with Crippen LogP contribution in [0.4, 0.5) is 5.69 Å². The van der Waals surface area contributed by atoms with Crippen molar-refractivity contribution in [3.63, 3.8) is 0 Å². The van der Waals surface area contributed by atoms with E-state index in [-0.39, 0.29) is 17.8 Å². The molecular weight excluding hydrogens is 338 g/mol. The summed E-state index contributed by atoms with van der Waals surface area (Å²) in [5.41, 5.74) is 3.00. The average molecular weight is 358 g/mol. The van der Waals surface area contributed by atoms with Crippen molar-refractivity contribution in [2.45, 2.75) is 33.5 Å². The van der Waals surface area contributed by atoms with Gasteiger partial charge in [-0.2, -0.15) is 0 Å². The quantitative estimate of drug-likeness (QED) is 0.649. The minimum atomic E-state index is -0.299. The van der Waals surface area contributed by atoms with Crippen molar-refractivity contribution in [2.75, 3.05) is 5.32 Å². The van der Waals surface area contributed by atoms with Crippen molar-refractivity contribution in [3.05, 3.63) is 64.4 Å². The molecule has 0 saturated carbocycles. The average Bonchev–Trinajstić information content (AvgIpc) is 2.92. The minimum absolute atomic E-state index is 0.154. The fourth-order valence-electron chi connectivity index (χ4n) is 2.62. The first kappa shape index (κ1) is 17.5. The summed E-state index contributed by atoms with van der Waals surface area (Å²) >= 11 is 6.15. The van der Waals surface area contributed by atoms with Gasteiger partial charge in [0.15, 0.2) is 11.3 Å². The smallest absolute Gasteiger partial charge is 0.291 e. The molecule has 0 saturated heterocycles. The maximum absolute atomic E-state index is 12.6. The lowest BCUT2D eigenvalue weighted by Crippen LogP contribution is -2.12. The molecule has 130 valence electrons. The van der Waals surface area contributed by atoms with Gasteiger partial charge < -0.3 is 14.5 Å². The number of anilines is 1. The van der Waals surface area contributed by atoms with Crippen molar-refractivity contribution in [3.8, 4) is 0 Å². The Kier molecular flexibility index (Phi) is 5.11. The van der Waals surface area contributed by atoms with Crippen molar-refractivity contribution >= 4 is 34.2 Å². The fraction of sp³-hybridized carbons (Fsp3) is 0.250. The molecule has 0 fully saturated rings. The van der Waals surface area contributed by atoms with Gasteiger partial charge in [-0.25, -0.2) is 0 Å². The van der Waals surface area contributed by atoms with Gasteiger partial charge in [-0.1, -0.05) is 35.9 Å². The second-order valence-corrected chi connectivity index (χ2v) is 6.59. The maximum atomic E-state index is 12.6. The van der Waals surface area contributed by atoms with Crippen molar-refractivity contribution in [1.82, 2.24) is 0 Å². The van der Waals surface area contributed by atoms with Gasteiger partial charge in [0.05, 0.1) is 17.7 Å². The normalized spacial score (nSPS) is 11.2. The number of para-hydroxylation sites is 1. The number of halogens is 1. The number of benzene rings is 2. The van der Waals surface area contributed by atoms with E-state index in [0.29, 0.717) is 22.9 Å². The lowest BCUT2D eigenvalue weighted by molar-refractivity contribution is 0.0657. The molecule has 0 atom stereocenters. The number of carbonyl (C=O) groups is 1. The van der Waals surface area contributed by atoms with Crippen LogP contribution in [0.3, 0.4) is 0 Å². The Hall–Kier alpha value is -2.30. The van der Waals surface area contributed by atoms with Crippen molar-refractivity contribution in [1.29, 1.82) is 0 Å². The van der Waals surface area contributed by atoms with Crippen LogP contribution in [0.2, 0.25) is 5.02 Å². The van der Waals surface area contributed by atoms with Crippen LogP contribution >= 0.6 is 11.6 Å². The molecule has 0 aliphatic rings. The van der Waals surface area contributed by atoms with E-state index in [9.17, 15) is 4.79 Å². The number of furan rings is 1. The summed E-state index contributed by atoms with van der Waals surface area (Å²) in [6.07, 6.45) is 0.154. The highest BCUT2D eigenvalue weighted by atomic mass is 35.5. The monoisotopic (exact) mass is 357 g/mol. The van der Waals surface area contributed by atoms with Gasteiger partial charge in [0, 0.05) is 16.6 Å². The van der Waals surface area contributed by atoms with E-state index in [1.54, 1.807) is 6.07 Å². The second-order valence-electron chi connectivity index (χ2n) is 6.19. The molecule has 1 aromatic heterocycles. The number of hydrogen-bond acceptors (Lipinski definition) is 3. The zero-order valence-electron chi connectivity index (χ0n) is 14.4. The molecule has 1 heterocycles. The molecule has 25 heavy (non-hydrogen) atoms. The van der Waals surface area contributed by atoms with Crippen LogP contribution in [-0.4, -0.2) is 12.0 Å². The summed E-state index contributed by atoms with van der Waals surface area (Å²) in [6, 6.07) is 13.1. The van der Waals surface area contributed by atoms with Crippen molar-refractivity contribution < 1.29 is 13.9 Å². The van der Waals surface area contributed by atoms with E-state index in [0.717, 1.165) is 16.5 Å². The first-order valence-corrected chi connectivity index (χ1v) is 8.53. The zero-order valence-corrected chi connectivity index (χ0v) is 15.2. The van der Waals surface area contributed by atoms with Gasteiger partial charge in [-0.3, -0.25) is 4.79 Å². The van der Waals surface area contributed by atoms with E-state index < -0.39 is 0 Å². The van der Waals surface area contributed by atoms with Gasteiger partial charge in [0.1, 0.15) is 0 Å². The van der Waals surface area contributed by atoms with Crippen LogP contribution in [0.5, 0.6) is 0 Å². The van der Waals surface area contributed by atoms with E-state index in [1.165, 1.54) is 0 Å². The summed E-state index contributed by atoms with van der Waals surface area (Å²) in [4.78, 5) is 12.6. The third-order valence-electron chi connectivity index (χ3n) is 3.89. The molecule has 0 radical (unpaired) electrons. The SMILES string of the molecule is Cc1c(C(=O)Nc2cccc(COC(C)C)c2)oc2c(Cl)cccc12. The van der Waals surface area contributed by atoms with E-state index in [4.69, 9.17) is 20.8 Å². The molecule has 3 aromatic rings. The number of nitrogens with one attached hydrogen (secondary N) is 1. The number of carbonyl (C=O) groups excluding carboxylic acids is 1.